The van der Waals surface area contributed by atoms with Crippen LogP contribution < -0.4 is 19.5 Å². The van der Waals surface area contributed by atoms with Gasteiger partial charge in [-0.1, -0.05) is 0 Å². The number of amides is 1. The lowest BCUT2D eigenvalue weighted by molar-refractivity contribution is -0.155. The van der Waals surface area contributed by atoms with Crippen LogP contribution in [0.5, 0.6) is 17.2 Å². The number of nitrogens with one attached hydrogen (secondary N) is 1. The average molecular weight is 415 g/mol. The molecule has 0 unspecified atom stereocenters. The Balaban J connectivity index is 1.86. The molecule has 0 bridgehead atoms. The summed E-state index contributed by atoms with van der Waals surface area (Å²) in [6.07, 6.45) is -1.02. The highest BCUT2D eigenvalue weighted by atomic mass is 16.6. The van der Waals surface area contributed by atoms with Crippen LogP contribution in [-0.2, 0) is 14.3 Å². The van der Waals surface area contributed by atoms with Crippen molar-refractivity contribution in [2.75, 3.05) is 25.6 Å². The molecule has 2 aromatic rings. The zero-order valence-electron chi connectivity index (χ0n) is 17.4. The van der Waals surface area contributed by atoms with E-state index in [2.05, 4.69) is 5.32 Å². The summed E-state index contributed by atoms with van der Waals surface area (Å²) in [5.41, 5.74) is 1.01. The maximum atomic E-state index is 12.2. The van der Waals surface area contributed by atoms with Gasteiger partial charge in [0.1, 0.15) is 5.75 Å². The highest BCUT2D eigenvalue weighted by Crippen LogP contribution is 2.28. The SMILES string of the molecule is CCOc1ccc(NC(=O)[C@@H](C)OC(=O)COc2ccc(C(C)=O)cc2OC)cc1. The lowest BCUT2D eigenvalue weighted by atomic mass is 10.1. The van der Waals surface area contributed by atoms with Gasteiger partial charge in [-0.15, -0.1) is 0 Å². The van der Waals surface area contributed by atoms with Gasteiger partial charge in [0.25, 0.3) is 5.91 Å². The molecule has 8 nitrogen and oxygen atoms in total. The topological polar surface area (TPSA) is 100 Å². The summed E-state index contributed by atoms with van der Waals surface area (Å²) in [6.45, 7) is 4.91. The van der Waals surface area contributed by atoms with Crippen molar-refractivity contribution in [3.63, 3.8) is 0 Å². The molecule has 2 rings (SSSR count). The highest BCUT2D eigenvalue weighted by molar-refractivity contribution is 5.95. The van der Waals surface area contributed by atoms with E-state index < -0.39 is 24.6 Å². The van der Waals surface area contributed by atoms with Gasteiger partial charge in [0.15, 0.2) is 30.0 Å². The fourth-order valence-corrected chi connectivity index (χ4v) is 2.47. The minimum atomic E-state index is -1.02. The number of carbonyl (C=O) groups is 3. The van der Waals surface area contributed by atoms with E-state index >= 15 is 0 Å². The van der Waals surface area contributed by atoms with E-state index in [4.69, 9.17) is 18.9 Å². The average Bonchev–Trinajstić information content (AvgIpc) is 2.73. The number of ether oxygens (including phenoxy) is 4. The van der Waals surface area contributed by atoms with Crippen molar-refractivity contribution in [2.45, 2.75) is 26.9 Å². The van der Waals surface area contributed by atoms with E-state index in [0.717, 1.165) is 0 Å². The van der Waals surface area contributed by atoms with Crippen molar-refractivity contribution in [2.24, 2.45) is 0 Å². The van der Waals surface area contributed by atoms with Gasteiger partial charge >= 0.3 is 5.97 Å². The predicted molar refractivity (Wildman–Crippen MR) is 110 cm³/mol. The van der Waals surface area contributed by atoms with Crippen LogP contribution in [0.15, 0.2) is 42.5 Å². The van der Waals surface area contributed by atoms with Crippen molar-refractivity contribution in [1.82, 2.24) is 0 Å². The molecule has 30 heavy (non-hydrogen) atoms. The number of methoxy groups -OCH3 is 1. The van der Waals surface area contributed by atoms with Crippen LogP contribution in [0.2, 0.25) is 0 Å². The molecule has 0 aliphatic heterocycles. The normalized spacial score (nSPS) is 11.2. The second kappa shape index (κ2) is 10.8. The van der Waals surface area contributed by atoms with Crippen molar-refractivity contribution in [1.29, 1.82) is 0 Å². The fraction of sp³-hybridized carbons (Fsp3) is 0.318. The minimum Gasteiger partial charge on any atom is -0.494 e. The summed E-state index contributed by atoms with van der Waals surface area (Å²) in [6, 6.07) is 11.5. The molecule has 1 N–H and O–H groups in total. The highest BCUT2D eigenvalue weighted by Gasteiger charge is 2.19. The van der Waals surface area contributed by atoms with E-state index in [9.17, 15) is 14.4 Å². The molecular weight excluding hydrogens is 390 g/mol. The second-order valence-corrected chi connectivity index (χ2v) is 6.29. The molecule has 160 valence electrons. The molecular formula is C22H25NO7. The maximum Gasteiger partial charge on any atom is 0.344 e. The van der Waals surface area contributed by atoms with Crippen LogP contribution in [0.3, 0.4) is 0 Å². The Kier molecular flexibility index (Phi) is 8.22. The van der Waals surface area contributed by atoms with Crippen LogP contribution in [0.4, 0.5) is 5.69 Å². The maximum absolute atomic E-state index is 12.2. The van der Waals surface area contributed by atoms with Crippen molar-refractivity contribution >= 4 is 23.3 Å². The van der Waals surface area contributed by atoms with E-state index in [1.54, 1.807) is 30.3 Å². The molecule has 0 aromatic heterocycles. The second-order valence-electron chi connectivity index (χ2n) is 6.29. The van der Waals surface area contributed by atoms with Gasteiger partial charge < -0.3 is 24.3 Å². The number of esters is 1. The van der Waals surface area contributed by atoms with Gasteiger partial charge in [0, 0.05) is 11.3 Å². The molecule has 0 aliphatic carbocycles. The van der Waals surface area contributed by atoms with E-state index in [-0.39, 0.29) is 11.5 Å². The standard InChI is InChI=1S/C22H25NO7/c1-5-28-18-9-7-17(8-10-18)23-22(26)15(3)30-21(25)13-29-19-11-6-16(14(2)24)12-20(19)27-4/h6-12,15H,5,13H2,1-4H3,(H,23,26)/t15-/m1/s1. The van der Waals surface area contributed by atoms with E-state index in [1.165, 1.54) is 33.1 Å². The summed E-state index contributed by atoms with van der Waals surface area (Å²) < 4.78 is 21.0. The molecule has 0 saturated carbocycles. The summed E-state index contributed by atoms with van der Waals surface area (Å²) in [4.78, 5) is 35.7. The number of hydrogen-bond donors (Lipinski definition) is 1. The quantitative estimate of drug-likeness (QED) is 0.470. The summed E-state index contributed by atoms with van der Waals surface area (Å²) in [5, 5.41) is 2.66. The number of carbonyl (C=O) groups excluding carboxylic acids is 3. The van der Waals surface area contributed by atoms with Gasteiger partial charge in [0.05, 0.1) is 13.7 Å². The van der Waals surface area contributed by atoms with Gasteiger partial charge in [-0.05, 0) is 63.2 Å². The zero-order valence-corrected chi connectivity index (χ0v) is 17.4. The number of benzene rings is 2. The number of Topliss-reactive ketones (excluding diaryl/α,β-unsaturated/α-hetero) is 1. The predicted octanol–water partition coefficient (Wildman–Crippen LogP) is 3.25. The zero-order chi connectivity index (χ0) is 22.1. The van der Waals surface area contributed by atoms with E-state index in [0.29, 0.717) is 29.4 Å². The first kappa shape index (κ1) is 22.7. The first-order valence-electron chi connectivity index (χ1n) is 9.39. The third-order valence-electron chi connectivity index (χ3n) is 4.03. The third kappa shape index (κ3) is 6.51. The number of hydrogen-bond acceptors (Lipinski definition) is 7. The number of rotatable bonds is 10. The molecule has 1 atom stereocenters. The Morgan fingerprint density at radius 1 is 1.00 bits per heavy atom. The summed E-state index contributed by atoms with van der Waals surface area (Å²) in [5.74, 6) is -0.0220. The van der Waals surface area contributed by atoms with Crippen LogP contribution in [0, 0.1) is 0 Å². The minimum absolute atomic E-state index is 0.119. The first-order chi connectivity index (χ1) is 14.3. The van der Waals surface area contributed by atoms with Crippen molar-refractivity contribution in [3.8, 4) is 17.2 Å². The van der Waals surface area contributed by atoms with Gasteiger partial charge in [-0.2, -0.15) is 0 Å². The van der Waals surface area contributed by atoms with Gasteiger partial charge in [0.2, 0.25) is 0 Å². The molecule has 0 radical (unpaired) electrons. The van der Waals surface area contributed by atoms with Crippen LogP contribution in [0.1, 0.15) is 31.1 Å². The smallest absolute Gasteiger partial charge is 0.344 e. The Morgan fingerprint density at radius 3 is 2.30 bits per heavy atom. The first-order valence-corrected chi connectivity index (χ1v) is 9.39. The van der Waals surface area contributed by atoms with Crippen LogP contribution in [-0.4, -0.2) is 44.1 Å². The molecule has 0 aliphatic rings. The fourth-order valence-electron chi connectivity index (χ4n) is 2.47. The molecule has 1 amide bonds. The monoisotopic (exact) mass is 415 g/mol. The number of anilines is 1. The molecule has 0 spiro atoms. The summed E-state index contributed by atoms with van der Waals surface area (Å²) in [7, 11) is 1.43. The lowest BCUT2D eigenvalue weighted by Crippen LogP contribution is -2.31. The Labute approximate surface area is 175 Å². The van der Waals surface area contributed by atoms with Crippen LogP contribution >= 0.6 is 0 Å². The molecule has 0 heterocycles. The number of ketones is 1. The van der Waals surface area contributed by atoms with Gasteiger partial charge in [-0.3, -0.25) is 9.59 Å². The van der Waals surface area contributed by atoms with Crippen molar-refractivity contribution < 1.29 is 33.3 Å². The lowest BCUT2D eigenvalue weighted by Gasteiger charge is -2.15. The Hall–Kier alpha value is -3.55. The Bertz CT molecular complexity index is 893. The van der Waals surface area contributed by atoms with Gasteiger partial charge in [-0.25, -0.2) is 4.79 Å². The van der Waals surface area contributed by atoms with Crippen molar-refractivity contribution in [3.05, 3.63) is 48.0 Å². The molecule has 0 saturated heterocycles. The largest absolute Gasteiger partial charge is 0.494 e. The Morgan fingerprint density at radius 2 is 1.70 bits per heavy atom. The third-order valence-corrected chi connectivity index (χ3v) is 4.03. The summed E-state index contributed by atoms with van der Waals surface area (Å²) >= 11 is 0. The molecule has 0 fully saturated rings. The van der Waals surface area contributed by atoms with Crippen LogP contribution in [0.25, 0.3) is 0 Å². The molecule has 2 aromatic carbocycles. The van der Waals surface area contributed by atoms with E-state index in [1.807, 2.05) is 6.92 Å². The molecule has 8 heteroatoms.